The summed E-state index contributed by atoms with van der Waals surface area (Å²) in [6.07, 6.45) is 0. The Morgan fingerprint density at radius 2 is 0.870 bits per heavy atom. The highest BCUT2D eigenvalue weighted by Gasteiger charge is 2.32. The lowest BCUT2D eigenvalue weighted by Gasteiger charge is -2.22. The number of hydrogen-bond acceptors (Lipinski definition) is 4. The van der Waals surface area contributed by atoms with Gasteiger partial charge in [0.05, 0.1) is 34.3 Å². The Morgan fingerprint density at radius 1 is 0.652 bits per heavy atom. The van der Waals surface area contributed by atoms with Crippen molar-refractivity contribution < 1.29 is 18.1 Å². The van der Waals surface area contributed by atoms with Crippen molar-refractivity contribution in [1.82, 2.24) is 0 Å². The van der Waals surface area contributed by atoms with Gasteiger partial charge in [0, 0.05) is 0 Å². The second-order valence-corrected chi connectivity index (χ2v) is 15.0. The predicted molar refractivity (Wildman–Crippen MR) is 119 cm³/mol. The molecule has 0 aromatic heterocycles. The number of halogens is 9. The van der Waals surface area contributed by atoms with Crippen LogP contribution in [0, 0.1) is 0 Å². The van der Waals surface area contributed by atoms with Crippen LogP contribution in [-0.2, 0) is 18.1 Å². The van der Waals surface area contributed by atoms with Crippen LogP contribution >= 0.6 is 138 Å². The van der Waals surface area contributed by atoms with E-state index in [1.165, 1.54) is 0 Å². The van der Waals surface area contributed by atoms with Crippen molar-refractivity contribution in [3.63, 3.8) is 0 Å². The molecule has 6 unspecified atom stereocenters. The third-order valence-corrected chi connectivity index (χ3v) is 11.6. The average Bonchev–Trinajstić information content (AvgIpc) is 2.47. The number of rotatable bonds is 12. The van der Waals surface area contributed by atoms with Crippen molar-refractivity contribution in [3.8, 4) is 0 Å². The fraction of sp³-hybridized carbons (Fsp3) is 1.00. The van der Waals surface area contributed by atoms with Crippen LogP contribution in [0.5, 0.6) is 0 Å². The van der Waals surface area contributed by atoms with Crippen molar-refractivity contribution in [3.05, 3.63) is 0 Å². The highest BCUT2D eigenvalue weighted by atomic mass is 79.9. The van der Waals surface area contributed by atoms with Crippen LogP contribution in [0.1, 0.15) is 0 Å². The first kappa shape index (κ1) is 26.9. The molecule has 0 aliphatic carbocycles. The fourth-order valence-corrected chi connectivity index (χ4v) is 3.76. The van der Waals surface area contributed by atoms with E-state index in [4.69, 9.17) is 48.4 Å². The van der Waals surface area contributed by atoms with Gasteiger partial charge in [0.1, 0.15) is 12.9 Å². The highest BCUT2D eigenvalue weighted by Crippen LogP contribution is 2.51. The molecular weight excluding hydrogens is 789 g/mol. The summed E-state index contributed by atoms with van der Waals surface area (Å²) in [5, 5.41) is 0. The zero-order chi connectivity index (χ0) is 18.2. The summed E-state index contributed by atoms with van der Waals surface area (Å²) in [4.78, 5) is -0.880. The first-order chi connectivity index (χ1) is 10.5. The van der Waals surface area contributed by atoms with Crippen LogP contribution in [0.2, 0.25) is 0 Å². The molecule has 0 saturated heterocycles. The zero-order valence-electron chi connectivity index (χ0n) is 11.1. The third kappa shape index (κ3) is 12.8. The van der Waals surface area contributed by atoms with E-state index in [-0.39, 0.29) is 34.3 Å². The van der Waals surface area contributed by atoms with Gasteiger partial charge >= 0.3 is 7.82 Å². The van der Waals surface area contributed by atoms with Crippen LogP contribution in [0.15, 0.2) is 0 Å². The Morgan fingerprint density at radius 3 is 1.04 bits per heavy atom. The standard InChI is InChI=1S/C9H12Br6Cl3O4P/c10-4(7(13)16)1-20-23(19,21-2-5(11)8(14)17)22-3-6(12)9(15)18/h4-9H,1-3H2. The van der Waals surface area contributed by atoms with E-state index in [0.717, 1.165) is 0 Å². The molecule has 0 spiro atoms. The lowest BCUT2D eigenvalue weighted by Crippen LogP contribution is -2.21. The summed E-state index contributed by atoms with van der Waals surface area (Å²) in [6, 6.07) is 0. The van der Waals surface area contributed by atoms with Crippen LogP contribution in [0.3, 0.4) is 0 Å². The Balaban J connectivity index is 4.72. The molecule has 0 aliphatic heterocycles. The van der Waals surface area contributed by atoms with E-state index >= 15 is 0 Å². The van der Waals surface area contributed by atoms with E-state index in [2.05, 4.69) is 95.6 Å². The Hall–Kier alpha value is 3.86. The van der Waals surface area contributed by atoms with Crippen LogP contribution < -0.4 is 0 Å². The molecule has 0 bridgehead atoms. The molecule has 0 aromatic carbocycles. The molecule has 0 rings (SSSR count). The first-order valence-corrected chi connectivity index (χ1v) is 14.0. The molecule has 0 amide bonds. The normalized spacial score (nSPS) is 22.7. The van der Waals surface area contributed by atoms with Crippen LogP contribution in [0.4, 0.5) is 0 Å². The molecular formula is C9H12Br6Cl3O4P. The highest BCUT2D eigenvalue weighted by molar-refractivity contribution is 9.13. The number of hydrogen-bond donors (Lipinski definition) is 0. The Bertz CT molecular complexity index is 329. The minimum atomic E-state index is -3.83. The van der Waals surface area contributed by atoms with Gasteiger partial charge in [-0.15, -0.1) is 34.8 Å². The van der Waals surface area contributed by atoms with E-state index in [1.807, 2.05) is 0 Å². The molecule has 0 radical (unpaired) electrons. The maximum Gasteiger partial charge on any atom is 0.474 e. The van der Waals surface area contributed by atoms with E-state index < -0.39 is 20.7 Å². The van der Waals surface area contributed by atoms with Gasteiger partial charge in [0.25, 0.3) is 0 Å². The van der Waals surface area contributed by atoms with E-state index in [9.17, 15) is 4.57 Å². The lowest BCUT2D eigenvalue weighted by molar-refractivity contribution is 0.117. The third-order valence-electron chi connectivity index (χ3n) is 2.00. The maximum atomic E-state index is 12.7. The van der Waals surface area contributed by atoms with E-state index in [1.54, 1.807) is 0 Å². The fourth-order valence-electron chi connectivity index (χ4n) is 0.817. The van der Waals surface area contributed by atoms with E-state index in [0.29, 0.717) is 0 Å². The second-order valence-electron chi connectivity index (χ2n) is 3.89. The summed E-state index contributed by atoms with van der Waals surface area (Å²) in [7, 11) is -3.83. The molecule has 0 aliphatic rings. The summed E-state index contributed by atoms with van der Waals surface area (Å²) in [5.41, 5.74) is 0. The molecule has 0 N–H and O–H groups in total. The maximum absolute atomic E-state index is 12.7. The van der Waals surface area contributed by atoms with Gasteiger partial charge < -0.3 is 0 Å². The van der Waals surface area contributed by atoms with Gasteiger partial charge in [0.15, 0.2) is 0 Å². The van der Waals surface area contributed by atoms with Crippen molar-refractivity contribution in [2.24, 2.45) is 0 Å². The van der Waals surface area contributed by atoms with Gasteiger partial charge in [-0.05, 0) is 0 Å². The minimum absolute atomic E-state index is 0.00777. The molecule has 14 heteroatoms. The lowest BCUT2D eigenvalue weighted by atomic mass is 10.5. The van der Waals surface area contributed by atoms with Gasteiger partial charge in [-0.3, -0.25) is 13.6 Å². The SMILES string of the molecule is O=P(OCC(Br)C(Cl)Br)(OCC(Br)C(Cl)Br)OCC(Br)C(Cl)Br. The van der Waals surface area contributed by atoms with Gasteiger partial charge in [0.2, 0.25) is 0 Å². The van der Waals surface area contributed by atoms with Crippen molar-refractivity contribution >= 4 is 138 Å². The van der Waals surface area contributed by atoms with Crippen molar-refractivity contribution in [2.75, 3.05) is 19.8 Å². The molecule has 0 heterocycles. The summed E-state index contributed by atoms with van der Waals surface area (Å²) >= 11 is 36.9. The number of alkyl halides is 9. The molecule has 4 nitrogen and oxygen atoms in total. The van der Waals surface area contributed by atoms with Gasteiger partial charge in [-0.25, -0.2) is 4.57 Å². The second kappa shape index (κ2) is 13.9. The number of phosphoric acid groups is 1. The summed E-state index contributed by atoms with van der Waals surface area (Å²) < 4.78 is 27.4. The Labute approximate surface area is 201 Å². The number of phosphoric ester groups is 1. The first-order valence-electron chi connectivity index (χ1n) is 5.79. The monoisotopic (exact) mass is 793 g/mol. The topological polar surface area (TPSA) is 44.8 Å². The van der Waals surface area contributed by atoms with Gasteiger partial charge in [-0.1, -0.05) is 95.6 Å². The molecule has 0 saturated carbocycles. The van der Waals surface area contributed by atoms with Gasteiger partial charge in [-0.2, -0.15) is 0 Å². The molecule has 23 heavy (non-hydrogen) atoms. The smallest absolute Gasteiger partial charge is 0.286 e. The predicted octanol–water partition coefficient (Wildman–Crippen LogP) is 7.31. The summed E-state index contributed by atoms with van der Waals surface area (Å²) in [5.74, 6) is 0. The molecule has 140 valence electrons. The largest absolute Gasteiger partial charge is 0.474 e. The molecule has 6 atom stereocenters. The van der Waals surface area contributed by atoms with Crippen LogP contribution in [0.25, 0.3) is 0 Å². The van der Waals surface area contributed by atoms with Crippen molar-refractivity contribution in [2.45, 2.75) is 27.3 Å². The zero-order valence-corrected chi connectivity index (χ0v) is 23.7. The van der Waals surface area contributed by atoms with Crippen LogP contribution in [-0.4, -0.2) is 47.2 Å². The quantitative estimate of drug-likeness (QED) is 0.154. The average molecular weight is 801 g/mol. The Kier molecular flexibility index (Phi) is 16.3. The van der Waals surface area contributed by atoms with Crippen molar-refractivity contribution in [1.29, 1.82) is 0 Å². The minimum Gasteiger partial charge on any atom is -0.286 e. The molecule has 0 aromatic rings. The molecule has 0 fully saturated rings. The summed E-state index contributed by atoms with van der Waals surface area (Å²) in [6.45, 7) is 0.0233.